The smallest absolute Gasteiger partial charge is 0.366 e. The Morgan fingerprint density at radius 1 is 1.12 bits per heavy atom. The lowest BCUT2D eigenvalue weighted by atomic mass is 10.0. The third-order valence-corrected chi connectivity index (χ3v) is 5.20. The first-order valence-electron chi connectivity index (χ1n) is 9.56. The van der Waals surface area contributed by atoms with Gasteiger partial charge in [0.05, 0.1) is 24.0 Å². The first-order chi connectivity index (χ1) is 15.0. The highest BCUT2D eigenvalue weighted by atomic mass is 19.4. The van der Waals surface area contributed by atoms with Crippen LogP contribution in [-0.4, -0.2) is 25.4 Å². The van der Waals surface area contributed by atoms with Crippen molar-refractivity contribution in [2.24, 2.45) is 5.73 Å². The van der Waals surface area contributed by atoms with E-state index in [0.29, 0.717) is 27.7 Å². The average molecular weight is 441 g/mol. The Bertz CT molecular complexity index is 1400. The van der Waals surface area contributed by atoms with E-state index in [9.17, 15) is 22.8 Å². The lowest BCUT2D eigenvalue weighted by Gasteiger charge is -2.11. The Balaban J connectivity index is 1.85. The molecule has 32 heavy (non-hydrogen) atoms. The predicted octanol–water partition coefficient (Wildman–Crippen LogP) is 3.57. The van der Waals surface area contributed by atoms with Gasteiger partial charge in [0.15, 0.2) is 0 Å². The number of amides is 1. The van der Waals surface area contributed by atoms with E-state index in [1.165, 1.54) is 18.5 Å². The molecule has 1 amide bonds. The Labute approximate surface area is 179 Å². The number of imidazole rings is 1. The summed E-state index contributed by atoms with van der Waals surface area (Å²) >= 11 is 0. The van der Waals surface area contributed by atoms with Crippen LogP contribution in [0.1, 0.15) is 32.9 Å². The van der Waals surface area contributed by atoms with Crippen molar-refractivity contribution >= 4 is 16.9 Å². The molecule has 3 aromatic heterocycles. The maximum absolute atomic E-state index is 12.8. The second-order valence-electron chi connectivity index (χ2n) is 7.50. The number of aromatic amines is 1. The first-order valence-corrected chi connectivity index (χ1v) is 9.56. The quantitative estimate of drug-likeness (QED) is 0.505. The van der Waals surface area contributed by atoms with Crippen LogP contribution in [0.15, 0.2) is 47.7 Å². The van der Waals surface area contributed by atoms with E-state index in [1.807, 2.05) is 13.0 Å². The number of nitrogens with two attached hydrogens (primary N) is 1. The van der Waals surface area contributed by atoms with Gasteiger partial charge in [-0.2, -0.15) is 13.2 Å². The van der Waals surface area contributed by atoms with Gasteiger partial charge in [0.1, 0.15) is 11.2 Å². The zero-order chi connectivity index (χ0) is 23.2. The van der Waals surface area contributed by atoms with Gasteiger partial charge in [-0.15, -0.1) is 0 Å². The van der Waals surface area contributed by atoms with Crippen LogP contribution in [-0.2, 0) is 12.7 Å². The zero-order valence-corrected chi connectivity index (χ0v) is 17.1. The maximum Gasteiger partial charge on any atom is 0.433 e. The molecule has 164 valence electrons. The van der Waals surface area contributed by atoms with Crippen molar-refractivity contribution in [3.8, 4) is 11.1 Å². The number of rotatable bonds is 4. The molecule has 10 heteroatoms. The molecule has 0 aliphatic rings. The van der Waals surface area contributed by atoms with E-state index < -0.39 is 17.8 Å². The van der Waals surface area contributed by atoms with Gasteiger partial charge in [-0.3, -0.25) is 14.6 Å². The molecule has 7 nitrogen and oxygen atoms in total. The number of aryl methyl sites for hydroxylation is 2. The van der Waals surface area contributed by atoms with Crippen molar-refractivity contribution in [1.29, 1.82) is 0 Å². The Morgan fingerprint density at radius 3 is 2.47 bits per heavy atom. The number of fused-ring (bicyclic) bond motifs is 1. The highest BCUT2D eigenvalue weighted by Gasteiger charge is 2.32. The number of alkyl halides is 3. The summed E-state index contributed by atoms with van der Waals surface area (Å²) in [6.45, 7) is 3.80. The third kappa shape index (κ3) is 3.86. The van der Waals surface area contributed by atoms with Gasteiger partial charge >= 0.3 is 6.18 Å². The Morgan fingerprint density at radius 2 is 1.88 bits per heavy atom. The molecule has 0 saturated carbocycles. The Hall–Kier alpha value is -3.95. The van der Waals surface area contributed by atoms with Gasteiger partial charge in [0.2, 0.25) is 0 Å². The van der Waals surface area contributed by atoms with Gasteiger partial charge in [-0.05, 0) is 49.2 Å². The fourth-order valence-corrected chi connectivity index (χ4v) is 3.62. The molecule has 0 saturated heterocycles. The van der Waals surface area contributed by atoms with Crippen LogP contribution in [0.25, 0.3) is 22.2 Å². The minimum atomic E-state index is -4.56. The number of nitrogens with one attached hydrogen (secondary N) is 1. The number of benzene rings is 1. The lowest BCUT2D eigenvalue weighted by molar-refractivity contribution is -0.141. The number of nitrogens with zero attached hydrogens (tertiary/aromatic N) is 3. The van der Waals surface area contributed by atoms with Gasteiger partial charge in [0, 0.05) is 23.0 Å². The van der Waals surface area contributed by atoms with Crippen LogP contribution in [0.2, 0.25) is 0 Å². The van der Waals surface area contributed by atoms with Gasteiger partial charge in [-0.1, -0.05) is 6.07 Å². The van der Waals surface area contributed by atoms with Gasteiger partial charge in [0.25, 0.3) is 11.5 Å². The SMILES string of the molecule is Cc1cc(C)c(Cn2cnc3c(C(N)=O)cc(-c4ccc(C(F)(F)F)nc4)cc32)c(=O)[nH]1. The van der Waals surface area contributed by atoms with Crippen molar-refractivity contribution < 1.29 is 18.0 Å². The van der Waals surface area contributed by atoms with E-state index >= 15 is 0 Å². The number of hydrogen-bond donors (Lipinski definition) is 2. The molecule has 0 aliphatic heterocycles. The summed E-state index contributed by atoms with van der Waals surface area (Å²) in [5.74, 6) is -0.730. The molecule has 0 spiro atoms. The normalized spacial score (nSPS) is 11.8. The number of hydrogen-bond acceptors (Lipinski definition) is 4. The lowest BCUT2D eigenvalue weighted by Crippen LogP contribution is -2.18. The molecule has 0 unspecified atom stereocenters. The first kappa shape index (κ1) is 21.3. The van der Waals surface area contributed by atoms with E-state index in [1.54, 1.807) is 17.6 Å². The zero-order valence-electron chi connectivity index (χ0n) is 17.1. The molecule has 0 bridgehead atoms. The van der Waals surface area contributed by atoms with Crippen molar-refractivity contribution in [1.82, 2.24) is 19.5 Å². The van der Waals surface area contributed by atoms with Crippen LogP contribution < -0.4 is 11.3 Å². The molecule has 4 aromatic rings. The molecule has 4 rings (SSSR count). The highest BCUT2D eigenvalue weighted by molar-refractivity contribution is 6.06. The molecule has 0 fully saturated rings. The van der Waals surface area contributed by atoms with Crippen LogP contribution >= 0.6 is 0 Å². The molecule has 3 heterocycles. The monoisotopic (exact) mass is 441 g/mol. The minimum absolute atomic E-state index is 0.116. The Kier molecular flexibility index (Phi) is 5.08. The number of halogens is 3. The predicted molar refractivity (Wildman–Crippen MR) is 112 cm³/mol. The summed E-state index contributed by atoms with van der Waals surface area (Å²) in [4.78, 5) is 35.0. The number of aromatic nitrogens is 4. The number of primary amides is 1. The average Bonchev–Trinajstić information content (AvgIpc) is 3.12. The maximum atomic E-state index is 12.8. The molecule has 0 atom stereocenters. The molecule has 0 aliphatic carbocycles. The summed E-state index contributed by atoms with van der Waals surface area (Å²) in [5, 5.41) is 0. The van der Waals surface area contributed by atoms with Crippen molar-refractivity contribution in [3.05, 3.63) is 81.3 Å². The molecule has 3 N–H and O–H groups in total. The third-order valence-electron chi connectivity index (χ3n) is 5.20. The molecular formula is C22H18F3N5O2. The summed E-state index contributed by atoms with van der Waals surface area (Å²) in [7, 11) is 0. The second-order valence-corrected chi connectivity index (χ2v) is 7.50. The van der Waals surface area contributed by atoms with Crippen LogP contribution in [0.4, 0.5) is 13.2 Å². The largest absolute Gasteiger partial charge is 0.433 e. The van der Waals surface area contributed by atoms with Gasteiger partial charge in [-0.25, -0.2) is 4.98 Å². The summed E-state index contributed by atoms with van der Waals surface area (Å²) in [6, 6.07) is 7.14. The minimum Gasteiger partial charge on any atom is -0.366 e. The fraction of sp³-hybridized carbons (Fsp3) is 0.182. The van der Waals surface area contributed by atoms with E-state index in [2.05, 4.69) is 15.0 Å². The van der Waals surface area contributed by atoms with Crippen molar-refractivity contribution in [3.63, 3.8) is 0 Å². The number of carbonyl (C=O) groups excluding carboxylic acids is 1. The molecular weight excluding hydrogens is 423 g/mol. The van der Waals surface area contributed by atoms with E-state index in [4.69, 9.17) is 5.73 Å². The molecule has 0 radical (unpaired) electrons. The molecule has 1 aromatic carbocycles. The topological polar surface area (TPSA) is 107 Å². The fourth-order valence-electron chi connectivity index (χ4n) is 3.62. The van der Waals surface area contributed by atoms with Crippen LogP contribution in [0.3, 0.4) is 0 Å². The van der Waals surface area contributed by atoms with Crippen LogP contribution in [0, 0.1) is 13.8 Å². The van der Waals surface area contributed by atoms with Crippen molar-refractivity contribution in [2.75, 3.05) is 0 Å². The van der Waals surface area contributed by atoms with Crippen molar-refractivity contribution in [2.45, 2.75) is 26.6 Å². The van der Waals surface area contributed by atoms with E-state index in [-0.39, 0.29) is 17.7 Å². The van der Waals surface area contributed by atoms with Gasteiger partial charge < -0.3 is 15.3 Å². The number of pyridine rings is 2. The number of carbonyl (C=O) groups is 1. The van der Waals surface area contributed by atoms with Crippen LogP contribution in [0.5, 0.6) is 0 Å². The summed E-state index contributed by atoms with van der Waals surface area (Å²) < 4.78 is 40.2. The summed E-state index contributed by atoms with van der Waals surface area (Å²) in [5.41, 5.74) is 8.12. The summed E-state index contributed by atoms with van der Waals surface area (Å²) in [6.07, 6.45) is -1.98. The van der Waals surface area contributed by atoms with E-state index in [0.717, 1.165) is 23.5 Å². The second kappa shape index (κ2) is 7.63. The highest BCUT2D eigenvalue weighted by Crippen LogP contribution is 2.31. The number of H-pyrrole nitrogens is 1. The standard InChI is InChI=1S/C22H18F3N5O2/c1-11-5-12(2)29-21(32)16(11)9-30-10-28-19-15(20(26)31)6-14(7-17(19)30)13-3-4-18(27-8-13)22(23,24)25/h3-8,10H,9H2,1-2H3,(H2,26,31)(H,29,32).